The Morgan fingerprint density at radius 3 is 2.16 bits per heavy atom. The first-order valence-corrected chi connectivity index (χ1v) is 27.8. The SMILES string of the molecule is CO[C@H]1C[C@@H]2CC[C@@H](C)[C@@](O)(O2)C(=O)C(=O)N2CCCC[C@H]2C(=O)O[C@H]([C@H](C)C[C@@H]2CC[C@@H](O)[C@H](OC)C2)CC(=O)[C@H](C)/C=C(\C)[C@@H](O)[C@@H](OC)C(=O)[C@H](C)C[C@H](C)/C=C/C=C/C=C/1C.CP(C)(=O)O. The van der Waals surface area contributed by atoms with Gasteiger partial charge in [0.05, 0.1) is 24.4 Å². The van der Waals surface area contributed by atoms with Gasteiger partial charge in [-0.1, -0.05) is 71.1 Å². The smallest absolute Gasteiger partial charge is 0.329 e. The van der Waals surface area contributed by atoms with Gasteiger partial charge < -0.3 is 48.8 Å². The fourth-order valence-electron chi connectivity index (χ4n) is 10.1. The Morgan fingerprint density at radius 2 is 1.53 bits per heavy atom. The van der Waals surface area contributed by atoms with Gasteiger partial charge in [-0.15, -0.1) is 0 Å². The summed E-state index contributed by atoms with van der Waals surface area (Å²) < 4.78 is 39.1. The molecule has 2 bridgehead atoms. The summed E-state index contributed by atoms with van der Waals surface area (Å²) in [5.74, 6) is -7.96. The van der Waals surface area contributed by atoms with Crippen LogP contribution < -0.4 is 0 Å². The van der Waals surface area contributed by atoms with E-state index < -0.39 is 91.2 Å². The van der Waals surface area contributed by atoms with Gasteiger partial charge in [-0.2, -0.15) is 0 Å². The summed E-state index contributed by atoms with van der Waals surface area (Å²) in [6.07, 6.45) is 11.2. The first kappa shape index (κ1) is 61.1. The molecule has 3 aliphatic heterocycles. The van der Waals surface area contributed by atoms with Gasteiger partial charge in [0.25, 0.3) is 11.7 Å². The van der Waals surface area contributed by atoms with E-state index in [9.17, 15) is 43.9 Å². The lowest BCUT2D eigenvalue weighted by Gasteiger charge is -2.42. The lowest BCUT2D eigenvalue weighted by atomic mass is 9.78. The monoisotopic (exact) mass is 1010 g/mol. The highest BCUT2D eigenvalue weighted by atomic mass is 31.2. The third-order valence-electron chi connectivity index (χ3n) is 14.5. The van der Waals surface area contributed by atoms with Crippen molar-refractivity contribution in [1.29, 1.82) is 0 Å². The van der Waals surface area contributed by atoms with Crippen molar-refractivity contribution in [1.82, 2.24) is 4.90 Å². The average Bonchev–Trinajstić information content (AvgIpc) is 3.30. The zero-order chi connectivity index (χ0) is 52.7. The molecule has 0 aromatic carbocycles. The van der Waals surface area contributed by atoms with Crippen LogP contribution in [0.3, 0.4) is 0 Å². The predicted octanol–water partition coefficient (Wildman–Crippen LogP) is 6.70. The van der Waals surface area contributed by atoms with E-state index in [-0.39, 0.29) is 54.8 Å². The minimum Gasteiger partial charge on any atom is -0.460 e. The highest BCUT2D eigenvalue weighted by molar-refractivity contribution is 7.56. The van der Waals surface area contributed by atoms with Crippen molar-refractivity contribution in [3.8, 4) is 0 Å². The number of methoxy groups -OCH3 is 3. The summed E-state index contributed by atoms with van der Waals surface area (Å²) in [6, 6.07) is -1.14. The van der Waals surface area contributed by atoms with Gasteiger partial charge in [0.2, 0.25) is 5.79 Å². The number of Topliss-reactive ketones (excluding diaryl/α,β-unsaturated/α-hetero) is 3. The second-order valence-electron chi connectivity index (χ2n) is 20.9. The van der Waals surface area contributed by atoms with Gasteiger partial charge in [0.1, 0.15) is 30.1 Å². The number of carbonyl (C=O) groups is 5. The van der Waals surface area contributed by atoms with Gasteiger partial charge in [-0.25, -0.2) is 4.79 Å². The third-order valence-corrected chi connectivity index (χ3v) is 14.5. The molecule has 16 nitrogen and oxygen atoms in total. The number of ether oxygens (including phenoxy) is 5. The first-order chi connectivity index (χ1) is 32.7. The van der Waals surface area contributed by atoms with Crippen molar-refractivity contribution in [3.63, 3.8) is 0 Å². The molecule has 1 aliphatic carbocycles. The van der Waals surface area contributed by atoms with Crippen LogP contribution in [0.5, 0.6) is 0 Å². The summed E-state index contributed by atoms with van der Waals surface area (Å²) in [5, 5.41) is 33.8. The standard InChI is InChI=1S/C51H79NO13.C2H7O2P/c1-30-16-12-11-13-17-31(2)42(61-8)28-38-21-19-36(7)51(60,65-38)48(57)49(58)52-23-15-14-18-39(52)50(59)64-43(33(4)26-37-20-22-40(53)44(27-37)62-9)29-41(54)32(3)25-35(6)46(56)47(63-10)45(55)34(5)24-30;1-5(2,3)4/h11-13,16-17,25,30,32-34,36-40,42-44,46-47,53,56,60H,14-15,18-24,26-29H2,1-10H3;1-2H3,(H,3,4)/b13-11+,16-12+,31-17+,35-25+;/t30-,32-,33-,34-,36-,37+,38+,39+,40-,42+,43+,44-,46-,47+,51-;/m1./s1. The molecule has 398 valence electrons. The maximum absolute atomic E-state index is 14.4. The minimum absolute atomic E-state index is 0.0193. The fraction of sp³-hybridized carbons (Fsp3) is 0.755. The quantitative estimate of drug-likeness (QED) is 0.0939. The fourth-order valence-corrected chi connectivity index (χ4v) is 10.1. The van der Waals surface area contributed by atoms with Gasteiger partial charge in [-0.05, 0) is 107 Å². The largest absolute Gasteiger partial charge is 0.460 e. The normalized spacial score (nSPS) is 38.4. The number of piperidine rings is 1. The van der Waals surface area contributed by atoms with Crippen molar-refractivity contribution in [2.45, 2.75) is 180 Å². The lowest BCUT2D eigenvalue weighted by molar-refractivity contribution is -0.265. The van der Waals surface area contributed by atoms with Gasteiger partial charge in [0, 0.05) is 71.8 Å². The number of aliphatic hydroxyl groups is 3. The average molecular weight is 1010 g/mol. The van der Waals surface area contributed by atoms with Crippen LogP contribution in [0.2, 0.25) is 0 Å². The molecule has 15 atom stereocenters. The van der Waals surface area contributed by atoms with Crippen molar-refractivity contribution in [2.24, 2.45) is 35.5 Å². The molecular weight excluding hydrogens is 922 g/mol. The summed E-state index contributed by atoms with van der Waals surface area (Å²) in [5.41, 5.74) is 1.27. The van der Waals surface area contributed by atoms with Crippen LogP contribution in [0, 0.1) is 35.5 Å². The molecule has 0 aromatic rings. The number of esters is 1. The highest BCUT2D eigenvalue weighted by Crippen LogP contribution is 2.38. The maximum Gasteiger partial charge on any atom is 0.329 e. The van der Waals surface area contributed by atoms with Crippen LogP contribution in [0.15, 0.2) is 47.6 Å². The van der Waals surface area contributed by atoms with E-state index >= 15 is 0 Å². The van der Waals surface area contributed by atoms with E-state index in [1.54, 1.807) is 41.1 Å². The molecule has 4 rings (SSSR count). The molecule has 1 amide bonds. The summed E-state index contributed by atoms with van der Waals surface area (Å²) in [6.45, 7) is 15.3. The number of allylic oxidation sites excluding steroid dienone is 6. The second kappa shape index (κ2) is 28.3. The zero-order valence-corrected chi connectivity index (χ0v) is 44.8. The van der Waals surface area contributed by atoms with Gasteiger partial charge in [-0.3, -0.25) is 23.7 Å². The number of ketones is 3. The molecule has 2 saturated heterocycles. The van der Waals surface area contributed by atoms with Crippen molar-refractivity contribution < 1.29 is 72.4 Å². The number of nitrogens with zero attached hydrogens (tertiary/aromatic N) is 1. The van der Waals surface area contributed by atoms with E-state index in [0.29, 0.717) is 63.4 Å². The Kier molecular flexibility index (Phi) is 24.7. The number of hydrogen-bond acceptors (Lipinski definition) is 14. The number of carbonyl (C=O) groups excluding carboxylic acids is 5. The van der Waals surface area contributed by atoms with E-state index in [1.807, 2.05) is 58.1 Å². The Bertz CT molecular complexity index is 1920. The van der Waals surface area contributed by atoms with Crippen LogP contribution in [-0.2, 0) is 52.2 Å². The predicted molar refractivity (Wildman–Crippen MR) is 267 cm³/mol. The van der Waals surface area contributed by atoms with E-state index in [2.05, 4.69) is 0 Å². The van der Waals surface area contributed by atoms with E-state index in [0.717, 1.165) is 12.0 Å². The summed E-state index contributed by atoms with van der Waals surface area (Å²) in [7, 11) is 1.88. The van der Waals surface area contributed by atoms with E-state index in [4.69, 9.17) is 28.6 Å². The Morgan fingerprint density at radius 1 is 0.857 bits per heavy atom. The molecular formula is C53H86NO15P. The van der Waals surface area contributed by atoms with Crippen molar-refractivity contribution in [2.75, 3.05) is 41.2 Å². The topological polar surface area (TPSA) is 233 Å². The Hall–Kier alpha value is -3.18. The molecule has 0 aromatic heterocycles. The number of cyclic esters (lactones) is 1. The Balaban J connectivity index is 0.00000246. The molecule has 3 fully saturated rings. The molecule has 0 spiro atoms. The summed E-state index contributed by atoms with van der Waals surface area (Å²) in [4.78, 5) is 79.8. The Labute approximate surface area is 417 Å². The maximum atomic E-state index is 14.4. The first-order valence-electron chi connectivity index (χ1n) is 25.2. The molecule has 0 radical (unpaired) electrons. The number of amides is 1. The minimum atomic E-state index is -2.64. The summed E-state index contributed by atoms with van der Waals surface area (Å²) >= 11 is 0. The number of aliphatic hydroxyl groups excluding tert-OH is 2. The number of hydrogen-bond donors (Lipinski definition) is 4. The number of fused-ring (bicyclic) bond motifs is 3. The van der Waals surface area contributed by atoms with Crippen LogP contribution in [0.4, 0.5) is 0 Å². The molecule has 3 heterocycles. The number of rotatable bonds is 6. The highest BCUT2D eigenvalue weighted by Gasteiger charge is 2.53. The molecule has 1 saturated carbocycles. The van der Waals surface area contributed by atoms with Crippen LogP contribution in [-0.4, -0.2) is 150 Å². The van der Waals surface area contributed by atoms with Gasteiger partial charge >= 0.3 is 5.97 Å². The van der Waals surface area contributed by atoms with Gasteiger partial charge in [0.15, 0.2) is 13.2 Å². The second-order valence-corrected chi connectivity index (χ2v) is 23.5. The van der Waals surface area contributed by atoms with Crippen molar-refractivity contribution in [3.05, 3.63) is 47.6 Å². The van der Waals surface area contributed by atoms with E-state index in [1.165, 1.54) is 25.3 Å². The van der Waals surface area contributed by atoms with Crippen LogP contribution in [0.25, 0.3) is 0 Å². The zero-order valence-electron chi connectivity index (χ0n) is 43.9. The van der Waals surface area contributed by atoms with Crippen LogP contribution in [0.1, 0.15) is 126 Å². The molecule has 4 N–H and O–H groups in total. The molecule has 4 aliphatic rings. The molecule has 17 heteroatoms. The van der Waals surface area contributed by atoms with Crippen LogP contribution >= 0.6 is 7.37 Å². The third kappa shape index (κ3) is 18.1. The molecule has 0 unspecified atom stereocenters. The van der Waals surface area contributed by atoms with Crippen molar-refractivity contribution >= 4 is 36.6 Å². The lowest BCUT2D eigenvalue weighted by Crippen LogP contribution is -2.61. The molecule has 70 heavy (non-hydrogen) atoms.